The van der Waals surface area contributed by atoms with Gasteiger partial charge in [-0.15, -0.1) is 0 Å². The van der Waals surface area contributed by atoms with Crippen LogP contribution in [0.25, 0.3) is 0 Å². The molecule has 0 aliphatic heterocycles. The molecule has 0 saturated heterocycles. The Balaban J connectivity index is 3.61. The molecule has 0 N–H and O–H groups in total. The van der Waals surface area contributed by atoms with Crippen molar-refractivity contribution in [1.29, 1.82) is 0 Å². The van der Waals surface area contributed by atoms with Crippen LogP contribution in [0.15, 0.2) is 0 Å². The molecule has 0 bridgehead atoms. The van der Waals surface area contributed by atoms with Crippen LogP contribution >= 0.6 is 0 Å². The number of carbonyl (C=O) groups is 1. The average Bonchev–Trinajstić information content (AvgIpc) is 1.98. The van der Waals surface area contributed by atoms with Gasteiger partial charge in [-0.1, -0.05) is 0 Å². The van der Waals surface area contributed by atoms with Crippen LogP contribution in [0.2, 0.25) is 0 Å². The van der Waals surface area contributed by atoms with Crippen molar-refractivity contribution in [2.24, 2.45) is 0 Å². The maximum absolute atomic E-state index is 11.0. The first-order valence-corrected chi connectivity index (χ1v) is 3.95. The van der Waals surface area contributed by atoms with Crippen LogP contribution < -0.4 is 0 Å². The maximum Gasteiger partial charge on any atom is 0.409 e. The van der Waals surface area contributed by atoms with Crippen molar-refractivity contribution in [3.63, 3.8) is 0 Å². The van der Waals surface area contributed by atoms with Gasteiger partial charge in [0.2, 0.25) is 0 Å². The summed E-state index contributed by atoms with van der Waals surface area (Å²) >= 11 is 0. The number of rotatable bonds is 3. The highest BCUT2D eigenvalue weighted by Crippen LogP contribution is 1.94. The normalized spacial score (nSPS) is 12.8. The first-order valence-electron chi connectivity index (χ1n) is 3.95. The van der Waals surface area contributed by atoms with Gasteiger partial charge in [-0.05, 0) is 21.0 Å². The summed E-state index contributed by atoms with van der Waals surface area (Å²) in [6.45, 7) is 2.44. The highest BCUT2D eigenvalue weighted by Gasteiger charge is 2.09. The first-order chi connectivity index (χ1) is 5.45. The van der Waals surface area contributed by atoms with E-state index in [0.717, 1.165) is 0 Å². The van der Waals surface area contributed by atoms with Gasteiger partial charge in [0.25, 0.3) is 0 Å². The molecule has 1 unspecified atom stereocenters. The zero-order chi connectivity index (χ0) is 9.72. The van der Waals surface area contributed by atoms with Gasteiger partial charge < -0.3 is 14.5 Å². The lowest BCUT2D eigenvalue weighted by molar-refractivity contribution is 0.0932. The van der Waals surface area contributed by atoms with Gasteiger partial charge in [-0.2, -0.15) is 0 Å². The average molecular weight is 174 g/mol. The van der Waals surface area contributed by atoms with Crippen molar-refractivity contribution in [2.75, 3.05) is 34.8 Å². The van der Waals surface area contributed by atoms with Crippen molar-refractivity contribution >= 4 is 6.09 Å². The Morgan fingerprint density at radius 2 is 1.83 bits per heavy atom. The fraction of sp³-hybridized carbons (Fsp3) is 0.875. The van der Waals surface area contributed by atoms with E-state index in [-0.39, 0.29) is 12.1 Å². The summed E-state index contributed by atoms with van der Waals surface area (Å²) in [6, 6.07) is 0.258. The SMILES string of the molecule is CC(COC(=O)N(C)C)N(C)C. The second kappa shape index (κ2) is 4.98. The summed E-state index contributed by atoms with van der Waals surface area (Å²) in [4.78, 5) is 14.4. The molecular formula is C8H18N2O2. The summed E-state index contributed by atoms with van der Waals surface area (Å²) in [6.07, 6.45) is -0.288. The molecule has 4 nitrogen and oxygen atoms in total. The van der Waals surface area contributed by atoms with Gasteiger partial charge in [-0.3, -0.25) is 0 Å². The predicted octanol–water partition coefficient (Wildman–Crippen LogP) is 0.635. The Morgan fingerprint density at radius 1 is 1.33 bits per heavy atom. The molecule has 12 heavy (non-hydrogen) atoms. The van der Waals surface area contributed by atoms with Crippen LogP contribution in [0.3, 0.4) is 0 Å². The Kier molecular flexibility index (Phi) is 4.66. The van der Waals surface area contributed by atoms with Crippen LogP contribution in [-0.2, 0) is 4.74 Å². The number of amides is 1. The van der Waals surface area contributed by atoms with Gasteiger partial charge in [0.05, 0.1) is 0 Å². The van der Waals surface area contributed by atoms with Gasteiger partial charge in [-0.25, -0.2) is 4.79 Å². The zero-order valence-electron chi connectivity index (χ0n) is 8.50. The highest BCUT2D eigenvalue weighted by atomic mass is 16.6. The number of hydrogen-bond acceptors (Lipinski definition) is 3. The third-order valence-electron chi connectivity index (χ3n) is 1.69. The molecule has 0 aromatic carbocycles. The largest absolute Gasteiger partial charge is 0.448 e. The Labute approximate surface area is 74.1 Å². The molecule has 4 heteroatoms. The number of likely N-dealkylation sites (N-methyl/N-ethyl adjacent to an activating group) is 1. The standard InChI is InChI=1S/C8H18N2O2/c1-7(9(2)3)6-12-8(11)10(4)5/h7H,6H2,1-5H3. The summed E-state index contributed by atoms with van der Waals surface area (Å²) in [5.74, 6) is 0. The lowest BCUT2D eigenvalue weighted by Gasteiger charge is -2.20. The molecule has 0 saturated carbocycles. The zero-order valence-corrected chi connectivity index (χ0v) is 8.50. The summed E-state index contributed by atoms with van der Waals surface area (Å²) in [5, 5.41) is 0. The monoisotopic (exact) mass is 174 g/mol. The van der Waals surface area contributed by atoms with Crippen LogP contribution in [0.1, 0.15) is 6.92 Å². The summed E-state index contributed by atoms with van der Waals surface area (Å²) < 4.78 is 4.97. The number of nitrogens with zero attached hydrogens (tertiary/aromatic N) is 2. The van der Waals surface area contributed by atoms with Crippen LogP contribution in [0.4, 0.5) is 4.79 Å². The fourth-order valence-corrected chi connectivity index (χ4v) is 0.470. The van der Waals surface area contributed by atoms with E-state index in [1.807, 2.05) is 25.9 Å². The molecule has 0 rings (SSSR count). The molecule has 0 aromatic heterocycles. The topological polar surface area (TPSA) is 32.8 Å². The molecule has 0 fully saturated rings. The van der Waals surface area contributed by atoms with Gasteiger partial charge >= 0.3 is 6.09 Å². The first kappa shape index (κ1) is 11.2. The maximum atomic E-state index is 11.0. The molecule has 0 spiro atoms. The molecule has 0 aliphatic carbocycles. The van der Waals surface area contributed by atoms with Gasteiger partial charge in [0.1, 0.15) is 6.61 Å². The molecular weight excluding hydrogens is 156 g/mol. The minimum absolute atomic E-state index is 0.258. The number of carbonyl (C=O) groups excluding carboxylic acids is 1. The van der Waals surface area contributed by atoms with Crippen molar-refractivity contribution < 1.29 is 9.53 Å². The van der Waals surface area contributed by atoms with Crippen molar-refractivity contribution in [3.05, 3.63) is 0 Å². The van der Waals surface area contributed by atoms with E-state index in [1.165, 1.54) is 4.90 Å². The molecule has 0 aromatic rings. The summed E-state index contributed by atoms with van der Waals surface area (Å²) in [5.41, 5.74) is 0. The van der Waals surface area contributed by atoms with Gasteiger partial charge in [0, 0.05) is 20.1 Å². The van der Waals surface area contributed by atoms with E-state index >= 15 is 0 Å². The van der Waals surface area contributed by atoms with Crippen molar-refractivity contribution in [2.45, 2.75) is 13.0 Å². The third kappa shape index (κ3) is 4.18. The quantitative estimate of drug-likeness (QED) is 0.629. The van der Waals surface area contributed by atoms with E-state index in [0.29, 0.717) is 6.61 Å². The molecule has 0 heterocycles. The Morgan fingerprint density at radius 3 is 2.17 bits per heavy atom. The number of ether oxygens (including phenoxy) is 1. The second-order valence-electron chi connectivity index (χ2n) is 3.28. The third-order valence-corrected chi connectivity index (χ3v) is 1.69. The van der Waals surface area contributed by atoms with E-state index < -0.39 is 0 Å². The minimum Gasteiger partial charge on any atom is -0.448 e. The van der Waals surface area contributed by atoms with Crippen molar-refractivity contribution in [3.8, 4) is 0 Å². The van der Waals surface area contributed by atoms with E-state index in [1.54, 1.807) is 14.1 Å². The van der Waals surface area contributed by atoms with Crippen LogP contribution in [0.5, 0.6) is 0 Å². The molecule has 0 aliphatic rings. The Hall–Kier alpha value is -0.770. The van der Waals surface area contributed by atoms with Gasteiger partial charge in [0.15, 0.2) is 0 Å². The Bertz CT molecular complexity index is 146. The van der Waals surface area contributed by atoms with Crippen molar-refractivity contribution in [1.82, 2.24) is 9.80 Å². The molecule has 1 atom stereocenters. The fourth-order valence-electron chi connectivity index (χ4n) is 0.470. The lowest BCUT2D eigenvalue weighted by Crippen LogP contribution is -2.33. The molecule has 0 radical (unpaired) electrons. The minimum atomic E-state index is -0.288. The number of hydrogen-bond donors (Lipinski definition) is 0. The van der Waals surface area contributed by atoms with E-state index in [9.17, 15) is 4.79 Å². The summed E-state index contributed by atoms with van der Waals surface area (Å²) in [7, 11) is 7.24. The predicted molar refractivity (Wildman–Crippen MR) is 48.2 cm³/mol. The van der Waals surface area contributed by atoms with Crippen LogP contribution in [-0.4, -0.2) is 56.7 Å². The van der Waals surface area contributed by atoms with E-state index in [2.05, 4.69) is 0 Å². The smallest absolute Gasteiger partial charge is 0.409 e. The van der Waals surface area contributed by atoms with Crippen LogP contribution in [0, 0.1) is 0 Å². The molecule has 1 amide bonds. The lowest BCUT2D eigenvalue weighted by atomic mass is 10.3. The second-order valence-corrected chi connectivity index (χ2v) is 3.28. The highest BCUT2D eigenvalue weighted by molar-refractivity contribution is 5.66. The van der Waals surface area contributed by atoms with E-state index in [4.69, 9.17) is 4.74 Å². The molecule has 72 valence electrons.